The van der Waals surface area contributed by atoms with E-state index in [-0.39, 0.29) is 5.91 Å². The first kappa shape index (κ1) is 18.2. The Kier molecular flexibility index (Phi) is 4.51. The molecule has 5 rings (SSSR count). The molecule has 1 saturated heterocycles. The first-order valence-corrected chi connectivity index (χ1v) is 10.8. The van der Waals surface area contributed by atoms with Gasteiger partial charge in [-0.15, -0.1) is 11.3 Å². The minimum absolute atomic E-state index is 0.0674. The van der Waals surface area contributed by atoms with Crippen molar-refractivity contribution >= 4 is 38.5 Å². The average molecular weight is 403 g/mol. The Hall–Kier alpha value is -2.86. The highest BCUT2D eigenvalue weighted by atomic mass is 32.1. The van der Waals surface area contributed by atoms with E-state index in [1.54, 1.807) is 11.3 Å². The number of aromatic nitrogens is 3. The summed E-state index contributed by atoms with van der Waals surface area (Å²) in [4.78, 5) is 29.2. The SMILES string of the molecule is Cc1nc2ccc(C(=O)N3CCC[C@@H](c4nc5ccccc5s4)C3)cc2nc1C. The van der Waals surface area contributed by atoms with Crippen LogP contribution < -0.4 is 0 Å². The zero-order chi connectivity index (χ0) is 20.0. The summed E-state index contributed by atoms with van der Waals surface area (Å²) in [6.07, 6.45) is 2.07. The van der Waals surface area contributed by atoms with Gasteiger partial charge in [-0.05, 0) is 57.0 Å². The van der Waals surface area contributed by atoms with Crippen molar-refractivity contribution < 1.29 is 4.79 Å². The molecule has 2 aromatic heterocycles. The fourth-order valence-electron chi connectivity index (χ4n) is 3.97. The van der Waals surface area contributed by atoms with Gasteiger partial charge in [0.25, 0.3) is 5.91 Å². The molecule has 0 bridgehead atoms. The van der Waals surface area contributed by atoms with E-state index in [0.29, 0.717) is 11.5 Å². The number of thiazole rings is 1. The van der Waals surface area contributed by atoms with Crippen LogP contribution in [0.1, 0.15) is 45.5 Å². The van der Waals surface area contributed by atoms with E-state index in [9.17, 15) is 4.79 Å². The molecule has 0 unspecified atom stereocenters. The second-order valence-electron chi connectivity index (χ2n) is 7.71. The van der Waals surface area contributed by atoms with Crippen LogP contribution in [0.2, 0.25) is 0 Å². The lowest BCUT2D eigenvalue weighted by atomic mass is 9.98. The molecule has 3 heterocycles. The van der Waals surface area contributed by atoms with Crippen molar-refractivity contribution in [1.82, 2.24) is 19.9 Å². The number of rotatable bonds is 2. The van der Waals surface area contributed by atoms with Gasteiger partial charge < -0.3 is 4.90 Å². The maximum Gasteiger partial charge on any atom is 0.253 e. The van der Waals surface area contributed by atoms with E-state index >= 15 is 0 Å². The fraction of sp³-hybridized carbons (Fsp3) is 0.304. The molecule has 2 aromatic carbocycles. The maximum atomic E-state index is 13.2. The van der Waals surface area contributed by atoms with Gasteiger partial charge in [0.2, 0.25) is 0 Å². The zero-order valence-electron chi connectivity index (χ0n) is 16.6. The molecule has 0 aliphatic carbocycles. The number of carbonyl (C=O) groups excluding carboxylic acids is 1. The highest BCUT2D eigenvalue weighted by molar-refractivity contribution is 7.18. The number of nitrogens with zero attached hydrogens (tertiary/aromatic N) is 4. The maximum absolute atomic E-state index is 13.2. The van der Waals surface area contributed by atoms with Gasteiger partial charge in [-0.2, -0.15) is 0 Å². The Morgan fingerprint density at radius 1 is 1.00 bits per heavy atom. The summed E-state index contributed by atoms with van der Waals surface area (Å²) < 4.78 is 1.21. The van der Waals surface area contributed by atoms with Crippen molar-refractivity contribution in [2.24, 2.45) is 0 Å². The van der Waals surface area contributed by atoms with Crippen LogP contribution >= 0.6 is 11.3 Å². The number of amides is 1. The lowest BCUT2D eigenvalue weighted by molar-refractivity contribution is 0.0707. The second-order valence-corrected chi connectivity index (χ2v) is 8.77. The summed E-state index contributed by atoms with van der Waals surface area (Å²) >= 11 is 1.75. The van der Waals surface area contributed by atoms with Crippen molar-refractivity contribution in [3.63, 3.8) is 0 Å². The summed E-state index contributed by atoms with van der Waals surface area (Å²) in [5.41, 5.74) is 5.16. The first-order valence-electron chi connectivity index (χ1n) is 9.98. The summed E-state index contributed by atoms with van der Waals surface area (Å²) in [7, 11) is 0. The molecule has 0 N–H and O–H groups in total. The number of aryl methyl sites for hydroxylation is 2. The number of fused-ring (bicyclic) bond motifs is 2. The van der Waals surface area contributed by atoms with Crippen LogP contribution in [0.3, 0.4) is 0 Å². The molecular formula is C23H22N4OS. The average Bonchev–Trinajstić information content (AvgIpc) is 3.18. The number of carbonyl (C=O) groups is 1. The Morgan fingerprint density at radius 3 is 2.62 bits per heavy atom. The van der Waals surface area contributed by atoms with Gasteiger partial charge in [-0.1, -0.05) is 12.1 Å². The predicted octanol–water partition coefficient (Wildman–Crippen LogP) is 4.88. The number of hydrogen-bond donors (Lipinski definition) is 0. The van der Waals surface area contributed by atoms with E-state index in [4.69, 9.17) is 4.98 Å². The van der Waals surface area contributed by atoms with Crippen molar-refractivity contribution in [2.45, 2.75) is 32.6 Å². The first-order chi connectivity index (χ1) is 14.1. The molecule has 0 saturated carbocycles. The molecule has 0 radical (unpaired) electrons. The van der Waals surface area contributed by atoms with Crippen LogP contribution in [-0.2, 0) is 0 Å². The number of piperidine rings is 1. The van der Waals surface area contributed by atoms with Crippen LogP contribution in [0.25, 0.3) is 21.3 Å². The third-order valence-electron chi connectivity index (χ3n) is 5.69. The molecule has 1 aliphatic rings. The highest BCUT2D eigenvalue weighted by Gasteiger charge is 2.27. The third kappa shape index (κ3) is 3.38. The molecule has 6 heteroatoms. The number of benzene rings is 2. The second kappa shape index (κ2) is 7.19. The monoisotopic (exact) mass is 402 g/mol. The van der Waals surface area contributed by atoms with Crippen LogP contribution in [0, 0.1) is 13.8 Å². The highest BCUT2D eigenvalue weighted by Crippen LogP contribution is 2.33. The number of likely N-dealkylation sites (tertiary alicyclic amines) is 1. The molecule has 1 fully saturated rings. The van der Waals surface area contributed by atoms with Gasteiger partial charge in [-0.25, -0.2) is 15.0 Å². The van der Waals surface area contributed by atoms with E-state index < -0.39 is 0 Å². The molecule has 4 aromatic rings. The lowest BCUT2D eigenvalue weighted by Gasteiger charge is -2.32. The Bertz CT molecular complexity index is 1200. The molecule has 1 atom stereocenters. The Morgan fingerprint density at radius 2 is 1.79 bits per heavy atom. The van der Waals surface area contributed by atoms with Crippen LogP contribution in [0.15, 0.2) is 42.5 Å². The van der Waals surface area contributed by atoms with Gasteiger partial charge in [-0.3, -0.25) is 4.79 Å². The standard InChI is InChI=1S/C23H22N4OS/c1-14-15(2)25-20-12-16(9-10-18(20)24-14)23(28)27-11-5-6-17(13-27)22-26-19-7-3-4-8-21(19)29-22/h3-4,7-10,12,17H,5-6,11,13H2,1-2H3/t17-/m1/s1. The Balaban J connectivity index is 1.40. The number of hydrogen-bond acceptors (Lipinski definition) is 5. The fourth-order valence-corrected chi connectivity index (χ4v) is 5.07. The van der Waals surface area contributed by atoms with Gasteiger partial charge >= 0.3 is 0 Å². The summed E-state index contributed by atoms with van der Waals surface area (Å²) in [6.45, 7) is 5.41. The van der Waals surface area contributed by atoms with Crippen LogP contribution in [-0.4, -0.2) is 38.8 Å². The minimum Gasteiger partial charge on any atom is -0.338 e. The smallest absolute Gasteiger partial charge is 0.253 e. The van der Waals surface area contributed by atoms with Crippen molar-refractivity contribution in [3.8, 4) is 0 Å². The molecule has 1 aliphatic heterocycles. The normalized spacial score (nSPS) is 17.2. The van der Waals surface area contributed by atoms with E-state index in [1.807, 2.05) is 49.1 Å². The molecule has 146 valence electrons. The molecule has 1 amide bonds. The molecular weight excluding hydrogens is 380 g/mol. The minimum atomic E-state index is 0.0674. The van der Waals surface area contributed by atoms with E-state index in [0.717, 1.165) is 58.9 Å². The van der Waals surface area contributed by atoms with Crippen LogP contribution in [0.5, 0.6) is 0 Å². The van der Waals surface area contributed by atoms with Crippen molar-refractivity contribution in [2.75, 3.05) is 13.1 Å². The molecule has 29 heavy (non-hydrogen) atoms. The molecule has 5 nitrogen and oxygen atoms in total. The summed E-state index contributed by atoms with van der Waals surface area (Å²) in [5, 5.41) is 1.14. The topological polar surface area (TPSA) is 59.0 Å². The van der Waals surface area contributed by atoms with Gasteiger partial charge in [0, 0.05) is 24.6 Å². The third-order valence-corrected chi connectivity index (χ3v) is 6.89. The van der Waals surface area contributed by atoms with Crippen LogP contribution in [0.4, 0.5) is 0 Å². The molecule has 0 spiro atoms. The van der Waals surface area contributed by atoms with Gasteiger partial charge in [0.15, 0.2) is 0 Å². The lowest BCUT2D eigenvalue weighted by Crippen LogP contribution is -2.39. The van der Waals surface area contributed by atoms with E-state index in [2.05, 4.69) is 22.1 Å². The van der Waals surface area contributed by atoms with Gasteiger partial charge in [0.05, 0.1) is 37.6 Å². The largest absolute Gasteiger partial charge is 0.338 e. The predicted molar refractivity (Wildman–Crippen MR) is 117 cm³/mol. The van der Waals surface area contributed by atoms with Crippen molar-refractivity contribution in [3.05, 3.63) is 64.4 Å². The zero-order valence-corrected chi connectivity index (χ0v) is 17.4. The summed E-state index contributed by atoms with van der Waals surface area (Å²) in [5.74, 6) is 0.369. The van der Waals surface area contributed by atoms with E-state index in [1.165, 1.54) is 4.70 Å². The van der Waals surface area contributed by atoms with Gasteiger partial charge in [0.1, 0.15) is 0 Å². The quantitative estimate of drug-likeness (QED) is 0.480. The van der Waals surface area contributed by atoms with Crippen molar-refractivity contribution in [1.29, 1.82) is 0 Å². The Labute approximate surface area is 173 Å². The number of para-hydroxylation sites is 1. The summed E-state index contributed by atoms with van der Waals surface area (Å²) in [6, 6.07) is 13.9.